The van der Waals surface area contributed by atoms with Crippen LogP contribution in [0, 0.1) is 0 Å². The van der Waals surface area contributed by atoms with Crippen molar-refractivity contribution >= 4 is 21.2 Å². The van der Waals surface area contributed by atoms with Crippen LogP contribution in [-0.2, 0) is 19.1 Å². The van der Waals surface area contributed by atoms with Crippen LogP contribution < -0.4 is 0 Å². The molecular formula is C27H53O4P. The molecule has 0 amide bonds. The molecule has 0 spiro atoms. The molecule has 0 saturated heterocycles. The Morgan fingerprint density at radius 1 is 0.594 bits per heavy atom. The summed E-state index contributed by atoms with van der Waals surface area (Å²) in [6, 6.07) is 0. The number of hydrogen-bond donors (Lipinski definition) is 0. The van der Waals surface area contributed by atoms with Crippen molar-refractivity contribution in [1.29, 1.82) is 0 Å². The first-order valence-electron chi connectivity index (χ1n) is 13.7. The zero-order chi connectivity index (χ0) is 23.7. The molecule has 0 aromatic heterocycles. The maximum atomic E-state index is 12.0. The van der Waals surface area contributed by atoms with E-state index in [1.807, 2.05) is 0 Å². The van der Waals surface area contributed by atoms with Gasteiger partial charge in [0.05, 0.1) is 0 Å². The van der Waals surface area contributed by atoms with E-state index >= 15 is 0 Å². The van der Waals surface area contributed by atoms with Crippen molar-refractivity contribution in [3.8, 4) is 0 Å². The number of ether oxygens (including phenoxy) is 2. The van der Waals surface area contributed by atoms with Crippen molar-refractivity contribution in [2.24, 2.45) is 0 Å². The standard InChI is InChI=1S/C27H53O4P/c1-3-5-7-9-10-11-12-13-14-15-16-18-19-21-26(28)30-23-25(24-32)31-27(29)22-20-17-8-6-4-2/h25H,3-24,32H2,1-2H3. The molecule has 5 heteroatoms. The summed E-state index contributed by atoms with van der Waals surface area (Å²) < 4.78 is 10.8. The van der Waals surface area contributed by atoms with Crippen molar-refractivity contribution < 1.29 is 19.1 Å². The lowest BCUT2D eigenvalue weighted by Gasteiger charge is -2.16. The molecule has 2 atom stereocenters. The Bertz CT molecular complexity index is 428. The summed E-state index contributed by atoms with van der Waals surface area (Å²) in [6.45, 7) is 4.61. The number of rotatable bonds is 24. The van der Waals surface area contributed by atoms with Gasteiger partial charge in [-0.2, -0.15) is 0 Å². The quantitative estimate of drug-likeness (QED) is 0.0807. The van der Waals surface area contributed by atoms with Gasteiger partial charge in [0, 0.05) is 19.0 Å². The van der Waals surface area contributed by atoms with Crippen molar-refractivity contribution in [2.45, 2.75) is 148 Å². The van der Waals surface area contributed by atoms with E-state index in [9.17, 15) is 9.59 Å². The van der Waals surface area contributed by atoms with E-state index in [2.05, 4.69) is 23.1 Å². The minimum atomic E-state index is -0.348. The highest BCUT2D eigenvalue weighted by atomic mass is 31.0. The summed E-state index contributed by atoms with van der Waals surface area (Å²) in [5.74, 6) is -0.353. The molecule has 0 aromatic carbocycles. The Hall–Kier alpha value is -0.630. The van der Waals surface area contributed by atoms with E-state index in [4.69, 9.17) is 9.47 Å². The molecule has 0 fully saturated rings. The van der Waals surface area contributed by atoms with E-state index in [0.29, 0.717) is 19.0 Å². The second kappa shape index (κ2) is 25.0. The summed E-state index contributed by atoms with van der Waals surface area (Å²) in [4.78, 5) is 23.9. The largest absolute Gasteiger partial charge is 0.462 e. The molecule has 2 unspecified atom stereocenters. The molecule has 4 nitrogen and oxygen atoms in total. The van der Waals surface area contributed by atoms with E-state index in [-0.39, 0.29) is 24.6 Å². The van der Waals surface area contributed by atoms with E-state index in [1.165, 1.54) is 89.9 Å². The van der Waals surface area contributed by atoms with Crippen LogP contribution in [0.15, 0.2) is 0 Å². The second-order valence-electron chi connectivity index (χ2n) is 9.19. The van der Waals surface area contributed by atoms with Gasteiger partial charge < -0.3 is 9.47 Å². The van der Waals surface area contributed by atoms with Crippen molar-refractivity contribution in [1.82, 2.24) is 0 Å². The number of esters is 2. The third-order valence-electron chi connectivity index (χ3n) is 5.96. The van der Waals surface area contributed by atoms with Gasteiger partial charge in [0.2, 0.25) is 0 Å². The van der Waals surface area contributed by atoms with Gasteiger partial charge in [-0.05, 0) is 12.8 Å². The van der Waals surface area contributed by atoms with Crippen LogP contribution in [0.1, 0.15) is 142 Å². The first-order chi connectivity index (χ1) is 15.6. The van der Waals surface area contributed by atoms with E-state index in [1.54, 1.807) is 0 Å². The van der Waals surface area contributed by atoms with Gasteiger partial charge in [-0.1, -0.05) is 117 Å². The first kappa shape index (κ1) is 31.4. The third-order valence-corrected chi connectivity index (χ3v) is 6.49. The predicted octanol–water partition coefficient (Wildman–Crippen LogP) is 8.16. The summed E-state index contributed by atoms with van der Waals surface area (Å²) in [7, 11) is 2.57. The molecule has 32 heavy (non-hydrogen) atoms. The fourth-order valence-corrected chi connectivity index (χ4v) is 4.05. The van der Waals surface area contributed by atoms with Gasteiger partial charge in [0.1, 0.15) is 12.7 Å². The van der Waals surface area contributed by atoms with Crippen molar-refractivity contribution in [2.75, 3.05) is 12.8 Å². The molecule has 0 aliphatic carbocycles. The summed E-state index contributed by atoms with van der Waals surface area (Å²) >= 11 is 0. The minimum absolute atomic E-state index is 0.169. The molecule has 0 N–H and O–H groups in total. The molecule has 0 radical (unpaired) electrons. The molecule has 0 aliphatic rings. The van der Waals surface area contributed by atoms with Crippen LogP contribution in [-0.4, -0.2) is 30.8 Å². The fraction of sp³-hybridized carbons (Fsp3) is 0.926. The molecule has 0 aromatic rings. The smallest absolute Gasteiger partial charge is 0.306 e. The Morgan fingerprint density at radius 3 is 1.38 bits per heavy atom. The molecule has 0 rings (SSSR count). The lowest BCUT2D eigenvalue weighted by atomic mass is 10.0. The van der Waals surface area contributed by atoms with Gasteiger partial charge in [-0.25, -0.2) is 0 Å². The van der Waals surface area contributed by atoms with Crippen molar-refractivity contribution in [3.63, 3.8) is 0 Å². The molecule has 190 valence electrons. The fourth-order valence-electron chi connectivity index (χ4n) is 3.81. The van der Waals surface area contributed by atoms with Crippen LogP contribution in [0.5, 0.6) is 0 Å². The maximum absolute atomic E-state index is 12.0. The Labute approximate surface area is 201 Å². The normalized spacial score (nSPS) is 12.0. The third kappa shape index (κ3) is 22.6. The monoisotopic (exact) mass is 472 g/mol. The average Bonchev–Trinajstić information content (AvgIpc) is 2.79. The first-order valence-corrected chi connectivity index (χ1v) is 14.5. The van der Waals surface area contributed by atoms with Crippen LogP contribution in [0.3, 0.4) is 0 Å². The highest BCUT2D eigenvalue weighted by Gasteiger charge is 2.15. The Balaban J connectivity index is 3.53. The zero-order valence-corrected chi connectivity index (χ0v) is 22.5. The number of hydrogen-bond acceptors (Lipinski definition) is 4. The average molecular weight is 473 g/mol. The SMILES string of the molecule is CCCCCCCCCCCCCCCC(=O)OCC(CP)OC(=O)CCCCCCC. The highest BCUT2D eigenvalue weighted by molar-refractivity contribution is 7.16. The zero-order valence-electron chi connectivity index (χ0n) is 21.3. The number of carbonyl (C=O) groups excluding carboxylic acids is 2. The lowest BCUT2D eigenvalue weighted by Crippen LogP contribution is -2.26. The Morgan fingerprint density at radius 2 is 0.969 bits per heavy atom. The maximum Gasteiger partial charge on any atom is 0.306 e. The molecule has 0 bridgehead atoms. The lowest BCUT2D eigenvalue weighted by molar-refractivity contribution is -0.157. The van der Waals surface area contributed by atoms with Crippen molar-refractivity contribution in [3.05, 3.63) is 0 Å². The topological polar surface area (TPSA) is 52.6 Å². The van der Waals surface area contributed by atoms with Gasteiger partial charge in [0.25, 0.3) is 0 Å². The van der Waals surface area contributed by atoms with E-state index < -0.39 is 0 Å². The van der Waals surface area contributed by atoms with Crippen LogP contribution >= 0.6 is 9.24 Å². The minimum Gasteiger partial charge on any atom is -0.462 e. The predicted molar refractivity (Wildman–Crippen MR) is 139 cm³/mol. The summed E-state index contributed by atoms with van der Waals surface area (Å²) in [6.07, 6.45) is 23.5. The molecule has 0 saturated carbocycles. The molecular weight excluding hydrogens is 419 g/mol. The van der Waals surface area contributed by atoms with Gasteiger partial charge in [0.15, 0.2) is 0 Å². The van der Waals surface area contributed by atoms with E-state index in [0.717, 1.165) is 25.7 Å². The second-order valence-corrected chi connectivity index (χ2v) is 9.66. The van der Waals surface area contributed by atoms with Gasteiger partial charge >= 0.3 is 11.9 Å². The number of unbranched alkanes of at least 4 members (excludes halogenated alkanes) is 16. The summed E-state index contributed by atoms with van der Waals surface area (Å²) in [5, 5.41) is 0. The van der Waals surface area contributed by atoms with Gasteiger partial charge in [-0.15, -0.1) is 9.24 Å². The van der Waals surface area contributed by atoms with Crippen LogP contribution in [0.4, 0.5) is 0 Å². The molecule has 0 heterocycles. The molecule has 0 aliphatic heterocycles. The van der Waals surface area contributed by atoms with Crippen LogP contribution in [0.2, 0.25) is 0 Å². The Kier molecular flexibility index (Phi) is 24.5. The van der Waals surface area contributed by atoms with Gasteiger partial charge in [-0.3, -0.25) is 9.59 Å². The number of carbonyl (C=O) groups is 2. The van der Waals surface area contributed by atoms with Crippen LogP contribution in [0.25, 0.3) is 0 Å². The highest BCUT2D eigenvalue weighted by Crippen LogP contribution is 2.13. The summed E-state index contributed by atoms with van der Waals surface area (Å²) in [5.41, 5.74) is 0.